The lowest BCUT2D eigenvalue weighted by Gasteiger charge is -2.59. The Hall–Kier alpha value is -0.430. The lowest BCUT2D eigenvalue weighted by molar-refractivity contribution is -0.168. The van der Waals surface area contributed by atoms with Crippen molar-refractivity contribution in [3.8, 4) is 0 Å². The van der Waals surface area contributed by atoms with Crippen LogP contribution in [0.3, 0.4) is 0 Å². The molecule has 0 radical (unpaired) electrons. The largest absolute Gasteiger partial charge is 0.460 e. The van der Waals surface area contributed by atoms with Crippen LogP contribution >= 0.6 is 15.9 Å². The van der Waals surface area contributed by atoms with E-state index in [0.29, 0.717) is 18.8 Å². The maximum atomic E-state index is 12.1. The van der Waals surface area contributed by atoms with Gasteiger partial charge in [-0.3, -0.25) is 4.79 Å². The Labute approximate surface area is 175 Å². The van der Waals surface area contributed by atoms with Crippen LogP contribution in [-0.4, -0.2) is 51.0 Å². The first-order valence-electron chi connectivity index (χ1n) is 10.8. The molecule has 4 aliphatic carbocycles. The van der Waals surface area contributed by atoms with Crippen molar-refractivity contribution in [2.75, 3.05) is 6.61 Å². The van der Waals surface area contributed by atoms with E-state index in [4.69, 9.17) is 4.74 Å². The molecule has 9 atom stereocenters. The smallest absolute Gasteiger partial charge is 0.305 e. The molecule has 0 aromatic rings. The highest BCUT2D eigenvalue weighted by molar-refractivity contribution is 9.09. The van der Waals surface area contributed by atoms with Gasteiger partial charge >= 0.3 is 5.97 Å². The predicted molar refractivity (Wildman–Crippen MR) is 109 cm³/mol. The standard InChI is InChI=1S/C22H33BrO5/c1-3-18(27)28-20-16(23)10-15-19-14(5-7-22(15,20)11-24)21(2)6-4-13(25)8-12(21)9-17(19)26/h9,13-17,19-20,24-26H,3-8,10-11H2,1-2H3/t13-,14?,15?,16+,17?,19?,20-,21-,22+/m0/s1. The fourth-order valence-corrected chi connectivity index (χ4v) is 8.11. The molecule has 6 heteroatoms. The molecular weight excluding hydrogens is 424 g/mol. The van der Waals surface area contributed by atoms with Crippen molar-refractivity contribution in [2.45, 2.75) is 81.9 Å². The summed E-state index contributed by atoms with van der Waals surface area (Å²) in [6.45, 7) is 4.06. The van der Waals surface area contributed by atoms with E-state index < -0.39 is 11.5 Å². The third-order valence-corrected chi connectivity index (χ3v) is 9.43. The molecule has 3 N–H and O–H groups in total. The highest BCUT2D eigenvalue weighted by Crippen LogP contribution is 2.66. The third-order valence-electron chi connectivity index (χ3n) is 8.57. The molecule has 0 amide bonds. The van der Waals surface area contributed by atoms with Crippen molar-refractivity contribution in [1.29, 1.82) is 0 Å². The molecule has 0 aromatic carbocycles. The van der Waals surface area contributed by atoms with E-state index >= 15 is 0 Å². The summed E-state index contributed by atoms with van der Waals surface area (Å²) in [4.78, 5) is 12.1. The van der Waals surface area contributed by atoms with E-state index in [0.717, 1.165) is 32.1 Å². The molecule has 158 valence electrons. The van der Waals surface area contributed by atoms with Gasteiger partial charge in [0.2, 0.25) is 0 Å². The number of alkyl halides is 1. The van der Waals surface area contributed by atoms with Crippen LogP contribution in [0, 0.1) is 28.6 Å². The molecule has 3 saturated carbocycles. The van der Waals surface area contributed by atoms with Crippen LogP contribution in [-0.2, 0) is 9.53 Å². The average Bonchev–Trinajstić information content (AvgIpc) is 2.95. The van der Waals surface area contributed by atoms with Gasteiger partial charge in [0.15, 0.2) is 0 Å². The second kappa shape index (κ2) is 7.36. The lowest BCUT2D eigenvalue weighted by Crippen LogP contribution is -2.57. The van der Waals surface area contributed by atoms with Crippen LogP contribution < -0.4 is 0 Å². The lowest BCUT2D eigenvalue weighted by atomic mass is 9.47. The molecule has 3 fully saturated rings. The van der Waals surface area contributed by atoms with E-state index in [9.17, 15) is 20.1 Å². The summed E-state index contributed by atoms with van der Waals surface area (Å²) in [5.74, 6) is 0.256. The third kappa shape index (κ3) is 2.93. The molecular formula is C22H33BrO5. The molecule has 4 unspecified atom stereocenters. The summed E-state index contributed by atoms with van der Waals surface area (Å²) in [5, 5.41) is 31.8. The van der Waals surface area contributed by atoms with Gasteiger partial charge in [0.05, 0.1) is 23.6 Å². The number of carbonyl (C=O) groups is 1. The molecule has 0 heterocycles. The summed E-state index contributed by atoms with van der Waals surface area (Å²) in [6, 6.07) is 0. The topological polar surface area (TPSA) is 87.0 Å². The molecule has 0 spiro atoms. The van der Waals surface area contributed by atoms with Gasteiger partial charge in [0.25, 0.3) is 0 Å². The highest BCUT2D eigenvalue weighted by Gasteiger charge is 2.65. The van der Waals surface area contributed by atoms with E-state index in [1.807, 2.05) is 6.08 Å². The van der Waals surface area contributed by atoms with Crippen molar-refractivity contribution in [2.24, 2.45) is 28.6 Å². The number of halogens is 1. The Morgan fingerprint density at radius 2 is 2.04 bits per heavy atom. The first-order valence-corrected chi connectivity index (χ1v) is 11.7. The minimum Gasteiger partial charge on any atom is -0.460 e. The molecule has 0 aliphatic heterocycles. The average molecular weight is 457 g/mol. The van der Waals surface area contributed by atoms with Gasteiger partial charge in [-0.2, -0.15) is 0 Å². The van der Waals surface area contributed by atoms with Gasteiger partial charge in [-0.15, -0.1) is 0 Å². The Balaban J connectivity index is 1.70. The van der Waals surface area contributed by atoms with Gasteiger partial charge in [0.1, 0.15) is 6.10 Å². The van der Waals surface area contributed by atoms with Crippen LogP contribution in [0.25, 0.3) is 0 Å². The fraction of sp³-hybridized carbons (Fsp3) is 0.864. The molecule has 4 rings (SSSR count). The van der Waals surface area contributed by atoms with Gasteiger partial charge < -0.3 is 20.1 Å². The van der Waals surface area contributed by atoms with Gasteiger partial charge in [-0.05, 0) is 61.7 Å². The number of hydrogen-bond donors (Lipinski definition) is 3. The van der Waals surface area contributed by atoms with Crippen molar-refractivity contribution in [1.82, 2.24) is 0 Å². The monoisotopic (exact) mass is 456 g/mol. The zero-order chi connectivity index (χ0) is 20.3. The minimum atomic E-state index is -0.574. The Kier molecular flexibility index (Phi) is 5.48. The van der Waals surface area contributed by atoms with Gasteiger partial charge in [-0.25, -0.2) is 0 Å². The summed E-state index contributed by atoms with van der Waals surface area (Å²) < 4.78 is 5.82. The van der Waals surface area contributed by atoms with Crippen LogP contribution in [0.1, 0.15) is 58.8 Å². The number of aliphatic hydroxyl groups is 3. The minimum absolute atomic E-state index is 0.00235. The Morgan fingerprint density at radius 3 is 2.71 bits per heavy atom. The van der Waals surface area contributed by atoms with Crippen molar-refractivity contribution in [3.63, 3.8) is 0 Å². The number of carbonyl (C=O) groups excluding carboxylic acids is 1. The molecule has 4 aliphatic rings. The first kappa shape index (κ1) is 20.8. The van der Waals surface area contributed by atoms with E-state index in [1.54, 1.807) is 6.92 Å². The van der Waals surface area contributed by atoms with E-state index in [2.05, 4.69) is 22.9 Å². The van der Waals surface area contributed by atoms with Gasteiger partial charge in [0, 0.05) is 11.8 Å². The molecule has 0 saturated heterocycles. The summed E-state index contributed by atoms with van der Waals surface area (Å²) >= 11 is 3.74. The number of esters is 1. The highest BCUT2D eigenvalue weighted by atomic mass is 79.9. The van der Waals surface area contributed by atoms with Crippen LogP contribution in [0.2, 0.25) is 0 Å². The van der Waals surface area contributed by atoms with E-state index in [-0.39, 0.29) is 46.9 Å². The zero-order valence-corrected chi connectivity index (χ0v) is 18.4. The quantitative estimate of drug-likeness (QED) is 0.345. The normalized spacial score (nSPS) is 50.2. The predicted octanol–water partition coefficient (Wildman–Crippen LogP) is 2.95. The zero-order valence-electron chi connectivity index (χ0n) is 16.8. The first-order chi connectivity index (χ1) is 13.3. The SMILES string of the molecule is CCC(=O)O[C@H]1[C@H](Br)CC2C3C(O)C=C4C[C@@H](O)CC[C@]4(C)C3CC[C@@]21CO. The fourth-order valence-electron chi connectivity index (χ4n) is 7.07. The van der Waals surface area contributed by atoms with Crippen molar-refractivity contribution < 1.29 is 24.9 Å². The number of ether oxygens (including phenoxy) is 1. The Bertz CT molecular complexity index is 665. The van der Waals surface area contributed by atoms with Crippen LogP contribution in [0.5, 0.6) is 0 Å². The van der Waals surface area contributed by atoms with Crippen molar-refractivity contribution in [3.05, 3.63) is 11.6 Å². The molecule has 28 heavy (non-hydrogen) atoms. The second-order valence-electron chi connectivity index (χ2n) is 9.73. The Morgan fingerprint density at radius 1 is 1.29 bits per heavy atom. The molecule has 0 bridgehead atoms. The number of rotatable bonds is 3. The number of fused-ring (bicyclic) bond motifs is 5. The number of aliphatic hydroxyl groups excluding tert-OH is 3. The molecule has 5 nitrogen and oxygen atoms in total. The van der Waals surface area contributed by atoms with E-state index in [1.165, 1.54) is 5.57 Å². The van der Waals surface area contributed by atoms with Gasteiger partial charge in [-0.1, -0.05) is 41.4 Å². The maximum Gasteiger partial charge on any atom is 0.305 e. The second-order valence-corrected chi connectivity index (χ2v) is 10.9. The summed E-state index contributed by atoms with van der Waals surface area (Å²) in [6.07, 6.45) is 5.99. The van der Waals surface area contributed by atoms with Crippen LogP contribution in [0.15, 0.2) is 11.6 Å². The molecule has 0 aromatic heterocycles. The van der Waals surface area contributed by atoms with Crippen molar-refractivity contribution >= 4 is 21.9 Å². The number of hydrogen-bond acceptors (Lipinski definition) is 5. The summed E-state index contributed by atoms with van der Waals surface area (Å²) in [7, 11) is 0. The summed E-state index contributed by atoms with van der Waals surface area (Å²) in [5.41, 5.74) is 0.723. The maximum absolute atomic E-state index is 12.1. The van der Waals surface area contributed by atoms with Crippen LogP contribution in [0.4, 0.5) is 0 Å².